The van der Waals surface area contributed by atoms with Crippen molar-refractivity contribution in [3.63, 3.8) is 0 Å². The summed E-state index contributed by atoms with van der Waals surface area (Å²) in [5.41, 5.74) is 1.11. The molecule has 1 aromatic carbocycles. The third-order valence-corrected chi connectivity index (χ3v) is 1.69. The summed E-state index contributed by atoms with van der Waals surface area (Å²) in [5.74, 6) is 0.510. The molecule has 0 aliphatic heterocycles. The van der Waals surface area contributed by atoms with E-state index in [1.165, 1.54) is 12.1 Å². The SMILES string of the molecule is CC.Cc1nc2ccc([N+](=O)[O-])cc2o1. The van der Waals surface area contributed by atoms with Crippen molar-refractivity contribution in [3.05, 3.63) is 34.2 Å². The largest absolute Gasteiger partial charge is 0.441 e. The number of aromatic nitrogens is 1. The van der Waals surface area contributed by atoms with Crippen LogP contribution in [0.25, 0.3) is 11.1 Å². The van der Waals surface area contributed by atoms with Gasteiger partial charge in [0.25, 0.3) is 5.69 Å². The monoisotopic (exact) mass is 208 g/mol. The zero-order valence-electron chi connectivity index (χ0n) is 8.85. The predicted octanol–water partition coefficient (Wildman–Crippen LogP) is 3.07. The fourth-order valence-electron chi connectivity index (χ4n) is 1.14. The number of fused-ring (bicyclic) bond motifs is 1. The van der Waals surface area contributed by atoms with E-state index in [9.17, 15) is 10.1 Å². The van der Waals surface area contributed by atoms with Gasteiger partial charge in [-0.3, -0.25) is 10.1 Å². The van der Waals surface area contributed by atoms with Gasteiger partial charge in [-0.05, 0) is 6.07 Å². The Morgan fingerprint density at radius 3 is 2.67 bits per heavy atom. The van der Waals surface area contributed by atoms with E-state index in [0.717, 1.165) is 0 Å². The molecule has 0 N–H and O–H groups in total. The van der Waals surface area contributed by atoms with Gasteiger partial charge in [-0.25, -0.2) is 4.98 Å². The van der Waals surface area contributed by atoms with Gasteiger partial charge in [-0.15, -0.1) is 0 Å². The average Bonchev–Trinajstić information content (AvgIpc) is 2.59. The predicted molar refractivity (Wildman–Crippen MR) is 56.7 cm³/mol. The molecular weight excluding hydrogens is 196 g/mol. The third-order valence-electron chi connectivity index (χ3n) is 1.69. The topological polar surface area (TPSA) is 69.2 Å². The summed E-state index contributed by atoms with van der Waals surface area (Å²) in [6.45, 7) is 5.70. The molecule has 0 saturated carbocycles. The van der Waals surface area contributed by atoms with Crippen LogP contribution in [-0.2, 0) is 0 Å². The molecule has 1 heterocycles. The molecule has 80 valence electrons. The minimum atomic E-state index is -0.461. The average molecular weight is 208 g/mol. The van der Waals surface area contributed by atoms with Crippen LogP contribution in [0.1, 0.15) is 19.7 Å². The molecule has 0 spiro atoms. The number of hydrogen-bond donors (Lipinski definition) is 0. The maximum atomic E-state index is 10.4. The Morgan fingerprint density at radius 2 is 2.07 bits per heavy atom. The van der Waals surface area contributed by atoms with Crippen molar-refractivity contribution >= 4 is 16.8 Å². The van der Waals surface area contributed by atoms with E-state index >= 15 is 0 Å². The molecule has 0 amide bonds. The van der Waals surface area contributed by atoms with Gasteiger partial charge in [-0.1, -0.05) is 13.8 Å². The zero-order valence-corrected chi connectivity index (χ0v) is 8.85. The Morgan fingerprint density at radius 1 is 1.40 bits per heavy atom. The van der Waals surface area contributed by atoms with Crippen molar-refractivity contribution < 1.29 is 9.34 Å². The fraction of sp³-hybridized carbons (Fsp3) is 0.300. The van der Waals surface area contributed by atoms with Crippen LogP contribution in [0.4, 0.5) is 5.69 Å². The Bertz CT molecular complexity index is 476. The first-order valence-electron chi connectivity index (χ1n) is 4.68. The van der Waals surface area contributed by atoms with Crippen LogP contribution >= 0.6 is 0 Å². The summed E-state index contributed by atoms with van der Waals surface area (Å²) in [6, 6.07) is 4.35. The minimum Gasteiger partial charge on any atom is -0.441 e. The number of nitro benzene ring substituents is 1. The van der Waals surface area contributed by atoms with Gasteiger partial charge in [0, 0.05) is 13.0 Å². The first-order valence-corrected chi connectivity index (χ1v) is 4.68. The summed E-state index contributed by atoms with van der Waals surface area (Å²) in [7, 11) is 0. The summed E-state index contributed by atoms with van der Waals surface area (Å²) >= 11 is 0. The van der Waals surface area contributed by atoms with Crippen molar-refractivity contribution in [2.45, 2.75) is 20.8 Å². The van der Waals surface area contributed by atoms with Gasteiger partial charge in [0.05, 0.1) is 11.0 Å². The lowest BCUT2D eigenvalue weighted by Gasteiger charge is -1.88. The van der Waals surface area contributed by atoms with Crippen LogP contribution in [0.15, 0.2) is 22.6 Å². The van der Waals surface area contributed by atoms with Crippen molar-refractivity contribution in [1.82, 2.24) is 4.98 Å². The normalized spacial score (nSPS) is 9.53. The molecule has 2 rings (SSSR count). The molecule has 2 aromatic rings. The van der Waals surface area contributed by atoms with Crippen molar-refractivity contribution in [1.29, 1.82) is 0 Å². The number of non-ortho nitro benzene ring substituents is 1. The third kappa shape index (κ3) is 2.31. The number of rotatable bonds is 1. The van der Waals surface area contributed by atoms with Gasteiger partial charge < -0.3 is 4.42 Å². The molecular formula is C10H12N2O3. The highest BCUT2D eigenvalue weighted by atomic mass is 16.6. The van der Waals surface area contributed by atoms with E-state index in [4.69, 9.17) is 4.42 Å². The van der Waals surface area contributed by atoms with E-state index in [1.54, 1.807) is 13.0 Å². The Balaban J connectivity index is 0.000000531. The van der Waals surface area contributed by atoms with Crippen LogP contribution in [0.3, 0.4) is 0 Å². The molecule has 0 atom stereocenters. The van der Waals surface area contributed by atoms with E-state index in [-0.39, 0.29) is 5.69 Å². The first kappa shape index (κ1) is 11.2. The second kappa shape index (κ2) is 4.54. The maximum absolute atomic E-state index is 10.4. The Hall–Kier alpha value is -1.91. The number of nitro groups is 1. The van der Waals surface area contributed by atoms with Crippen LogP contribution in [-0.4, -0.2) is 9.91 Å². The quantitative estimate of drug-likeness (QED) is 0.533. The summed E-state index contributed by atoms with van der Waals surface area (Å²) in [5, 5.41) is 10.4. The second-order valence-electron chi connectivity index (χ2n) is 2.64. The summed E-state index contributed by atoms with van der Waals surface area (Å²) in [6.07, 6.45) is 0. The number of oxazole rings is 1. The number of nitrogens with zero attached hydrogens (tertiary/aromatic N) is 2. The Kier molecular flexibility index (Phi) is 3.38. The number of benzene rings is 1. The van der Waals surface area contributed by atoms with Crippen molar-refractivity contribution in [2.24, 2.45) is 0 Å². The van der Waals surface area contributed by atoms with Crippen molar-refractivity contribution in [3.8, 4) is 0 Å². The molecule has 0 fully saturated rings. The molecule has 1 aromatic heterocycles. The second-order valence-corrected chi connectivity index (χ2v) is 2.64. The van der Waals surface area contributed by atoms with E-state index in [0.29, 0.717) is 17.0 Å². The molecule has 0 aliphatic rings. The molecule has 0 bridgehead atoms. The lowest BCUT2D eigenvalue weighted by atomic mass is 10.3. The van der Waals surface area contributed by atoms with Crippen LogP contribution in [0.5, 0.6) is 0 Å². The lowest BCUT2D eigenvalue weighted by Crippen LogP contribution is -1.86. The smallest absolute Gasteiger partial charge is 0.273 e. The molecule has 0 radical (unpaired) electrons. The van der Waals surface area contributed by atoms with E-state index in [1.807, 2.05) is 13.8 Å². The van der Waals surface area contributed by atoms with Gasteiger partial charge in [0.1, 0.15) is 5.52 Å². The van der Waals surface area contributed by atoms with Gasteiger partial charge in [-0.2, -0.15) is 0 Å². The summed E-state index contributed by atoms with van der Waals surface area (Å²) in [4.78, 5) is 14.0. The molecule has 0 aliphatic carbocycles. The fourth-order valence-corrected chi connectivity index (χ4v) is 1.14. The van der Waals surface area contributed by atoms with Gasteiger partial charge in [0.15, 0.2) is 11.5 Å². The van der Waals surface area contributed by atoms with Crippen molar-refractivity contribution in [2.75, 3.05) is 0 Å². The first-order chi connectivity index (χ1) is 7.16. The number of aryl methyl sites for hydroxylation is 1. The molecule has 0 saturated heterocycles. The molecule has 15 heavy (non-hydrogen) atoms. The van der Waals surface area contributed by atoms with Crippen LogP contribution < -0.4 is 0 Å². The van der Waals surface area contributed by atoms with E-state index in [2.05, 4.69) is 4.98 Å². The lowest BCUT2D eigenvalue weighted by molar-refractivity contribution is -0.384. The highest BCUT2D eigenvalue weighted by Crippen LogP contribution is 2.20. The Labute approximate surface area is 86.9 Å². The molecule has 0 unspecified atom stereocenters. The zero-order chi connectivity index (χ0) is 11.4. The highest BCUT2D eigenvalue weighted by molar-refractivity contribution is 5.75. The van der Waals surface area contributed by atoms with Gasteiger partial charge in [0.2, 0.25) is 0 Å². The van der Waals surface area contributed by atoms with E-state index < -0.39 is 4.92 Å². The van der Waals surface area contributed by atoms with Gasteiger partial charge >= 0.3 is 0 Å². The molecule has 5 nitrogen and oxygen atoms in total. The van der Waals surface area contributed by atoms with Crippen LogP contribution in [0, 0.1) is 17.0 Å². The minimum absolute atomic E-state index is 0.0173. The standard InChI is InChI=1S/C8H6N2O3.C2H6/c1-5-9-7-3-2-6(10(11)12)4-8(7)13-5;1-2/h2-4H,1H3;1-2H3. The summed E-state index contributed by atoms with van der Waals surface area (Å²) < 4.78 is 5.14. The van der Waals surface area contributed by atoms with Crippen LogP contribution in [0.2, 0.25) is 0 Å². The highest BCUT2D eigenvalue weighted by Gasteiger charge is 2.09. The number of hydrogen-bond acceptors (Lipinski definition) is 4. The molecule has 5 heteroatoms. The maximum Gasteiger partial charge on any atom is 0.273 e.